The maximum absolute atomic E-state index is 12.8. The van der Waals surface area contributed by atoms with Gasteiger partial charge in [-0.1, -0.05) is 266 Å². The molecule has 0 aromatic carbocycles. The fourth-order valence-electron chi connectivity index (χ4n) is 8.31. The van der Waals surface area contributed by atoms with Gasteiger partial charge in [-0.25, -0.2) is 0 Å². The summed E-state index contributed by atoms with van der Waals surface area (Å²) in [5.74, 6) is 0.873. The van der Waals surface area contributed by atoms with Crippen LogP contribution in [0.1, 0.15) is 304 Å². The van der Waals surface area contributed by atoms with Crippen molar-refractivity contribution < 1.29 is 28.6 Å². The molecule has 0 bridgehead atoms. The number of carbonyl (C=O) groups excluding carboxylic acids is 3. The molecule has 0 fully saturated rings. The van der Waals surface area contributed by atoms with Crippen LogP contribution in [0.5, 0.6) is 0 Å². The summed E-state index contributed by atoms with van der Waals surface area (Å²) in [6.07, 6.45) is 49.4. The highest BCUT2D eigenvalue weighted by molar-refractivity contribution is 5.71. The molecular formula is C55H106O6. The predicted molar refractivity (Wildman–Crippen MR) is 261 cm³/mol. The van der Waals surface area contributed by atoms with Crippen LogP contribution < -0.4 is 0 Å². The Bertz CT molecular complexity index is 933. The van der Waals surface area contributed by atoms with E-state index in [9.17, 15) is 14.4 Å². The van der Waals surface area contributed by atoms with Crippen LogP contribution in [-0.4, -0.2) is 37.2 Å². The molecule has 0 aromatic heterocycles. The largest absolute Gasteiger partial charge is 0.462 e. The first-order chi connectivity index (χ1) is 29.8. The normalized spacial score (nSPS) is 12.5. The number of unbranched alkanes of at least 4 members (excludes halogenated alkanes) is 33. The molecule has 0 aromatic rings. The van der Waals surface area contributed by atoms with Crippen LogP contribution >= 0.6 is 0 Å². The van der Waals surface area contributed by atoms with Gasteiger partial charge in [0.05, 0.1) is 0 Å². The molecule has 0 aliphatic rings. The first-order valence-electron chi connectivity index (χ1n) is 27.3. The van der Waals surface area contributed by atoms with E-state index < -0.39 is 6.10 Å². The van der Waals surface area contributed by atoms with Crippen LogP contribution in [0, 0.1) is 11.8 Å². The van der Waals surface area contributed by atoms with E-state index in [1.54, 1.807) is 0 Å². The van der Waals surface area contributed by atoms with Gasteiger partial charge in [-0.2, -0.15) is 0 Å². The van der Waals surface area contributed by atoms with E-state index in [0.29, 0.717) is 19.3 Å². The van der Waals surface area contributed by atoms with Crippen molar-refractivity contribution in [2.24, 2.45) is 11.8 Å². The highest BCUT2D eigenvalue weighted by Gasteiger charge is 2.19. The molecule has 0 aliphatic heterocycles. The summed E-state index contributed by atoms with van der Waals surface area (Å²) in [6, 6.07) is 0. The fourth-order valence-corrected chi connectivity index (χ4v) is 8.31. The summed E-state index contributed by atoms with van der Waals surface area (Å²) in [5, 5.41) is 0. The second-order valence-electron chi connectivity index (χ2n) is 19.6. The quantitative estimate of drug-likeness (QED) is 0.0344. The minimum absolute atomic E-state index is 0.0633. The summed E-state index contributed by atoms with van der Waals surface area (Å²) >= 11 is 0. The van der Waals surface area contributed by atoms with Gasteiger partial charge in [0.1, 0.15) is 13.2 Å². The standard InChI is InChI=1S/C55H106O6/c1-6-8-9-10-11-12-18-25-30-35-40-45-53(56)59-48-52(49-60-54(57)46-41-36-31-26-22-21-24-29-34-39-44-51(5)7-2)61-55(58)47-42-37-32-27-20-17-15-13-14-16-19-23-28-33-38-43-50(3)4/h50-52H,6-49H2,1-5H3/t51?,52-/m0/s1. The second-order valence-corrected chi connectivity index (χ2v) is 19.6. The van der Waals surface area contributed by atoms with Crippen LogP contribution in [0.2, 0.25) is 0 Å². The molecule has 0 saturated heterocycles. The molecule has 1 unspecified atom stereocenters. The lowest BCUT2D eigenvalue weighted by Gasteiger charge is -2.18. The predicted octanol–water partition coefficient (Wildman–Crippen LogP) is 17.7. The molecule has 6 nitrogen and oxygen atoms in total. The van der Waals surface area contributed by atoms with Crippen LogP contribution in [0.25, 0.3) is 0 Å². The summed E-state index contributed by atoms with van der Waals surface area (Å²) in [7, 11) is 0. The van der Waals surface area contributed by atoms with Crippen molar-refractivity contribution in [3.8, 4) is 0 Å². The summed E-state index contributed by atoms with van der Waals surface area (Å²) in [4.78, 5) is 38.0. The molecule has 0 saturated carbocycles. The van der Waals surface area contributed by atoms with Crippen LogP contribution in [0.15, 0.2) is 0 Å². The highest BCUT2D eigenvalue weighted by Crippen LogP contribution is 2.18. The fraction of sp³-hybridized carbons (Fsp3) is 0.945. The summed E-state index contributed by atoms with van der Waals surface area (Å²) in [5.41, 5.74) is 0. The number of carbonyl (C=O) groups is 3. The zero-order chi connectivity index (χ0) is 44.7. The molecule has 0 heterocycles. The van der Waals surface area contributed by atoms with Gasteiger partial charge in [0.15, 0.2) is 6.10 Å². The summed E-state index contributed by atoms with van der Waals surface area (Å²) < 4.78 is 16.8. The molecule has 362 valence electrons. The monoisotopic (exact) mass is 863 g/mol. The molecule has 0 radical (unpaired) electrons. The molecule has 0 amide bonds. The third-order valence-electron chi connectivity index (χ3n) is 12.8. The van der Waals surface area contributed by atoms with Crippen molar-refractivity contribution in [3.63, 3.8) is 0 Å². The van der Waals surface area contributed by atoms with Gasteiger partial charge in [0, 0.05) is 19.3 Å². The van der Waals surface area contributed by atoms with Crippen molar-refractivity contribution in [2.45, 2.75) is 310 Å². The maximum atomic E-state index is 12.8. The van der Waals surface area contributed by atoms with Crippen LogP contribution in [-0.2, 0) is 28.6 Å². The van der Waals surface area contributed by atoms with E-state index in [2.05, 4.69) is 34.6 Å². The van der Waals surface area contributed by atoms with E-state index in [1.165, 1.54) is 193 Å². The van der Waals surface area contributed by atoms with E-state index in [0.717, 1.165) is 69.6 Å². The number of esters is 3. The molecule has 6 heteroatoms. The van der Waals surface area contributed by atoms with Gasteiger partial charge >= 0.3 is 17.9 Å². The van der Waals surface area contributed by atoms with E-state index in [-0.39, 0.29) is 31.1 Å². The Morgan fingerprint density at radius 1 is 0.344 bits per heavy atom. The van der Waals surface area contributed by atoms with Gasteiger partial charge in [-0.05, 0) is 31.1 Å². The smallest absolute Gasteiger partial charge is 0.306 e. The summed E-state index contributed by atoms with van der Waals surface area (Å²) in [6.45, 7) is 11.4. The molecule has 0 rings (SSSR count). The Balaban J connectivity index is 4.29. The molecule has 0 N–H and O–H groups in total. The molecule has 2 atom stereocenters. The number of hydrogen-bond acceptors (Lipinski definition) is 6. The lowest BCUT2D eigenvalue weighted by molar-refractivity contribution is -0.167. The Labute approximate surface area is 380 Å². The van der Waals surface area contributed by atoms with E-state index in [4.69, 9.17) is 14.2 Å². The SMILES string of the molecule is CCCCCCCCCCCCCC(=O)OC[C@@H](COC(=O)CCCCCCCCCCCCC(C)CC)OC(=O)CCCCCCCCCCCCCCCCCC(C)C. The Morgan fingerprint density at radius 2 is 0.623 bits per heavy atom. The first-order valence-corrected chi connectivity index (χ1v) is 27.3. The Kier molecular flexibility index (Phi) is 46.6. The first kappa shape index (κ1) is 59.4. The minimum atomic E-state index is -0.762. The number of hydrogen-bond donors (Lipinski definition) is 0. The van der Waals surface area contributed by atoms with Crippen molar-refractivity contribution in [2.75, 3.05) is 13.2 Å². The van der Waals surface area contributed by atoms with Gasteiger partial charge in [0.2, 0.25) is 0 Å². The average Bonchev–Trinajstić information content (AvgIpc) is 3.24. The number of rotatable bonds is 49. The highest BCUT2D eigenvalue weighted by atomic mass is 16.6. The zero-order valence-corrected chi connectivity index (χ0v) is 41.8. The van der Waals surface area contributed by atoms with Crippen LogP contribution in [0.4, 0.5) is 0 Å². The zero-order valence-electron chi connectivity index (χ0n) is 41.8. The van der Waals surface area contributed by atoms with Gasteiger partial charge < -0.3 is 14.2 Å². The minimum Gasteiger partial charge on any atom is -0.462 e. The van der Waals surface area contributed by atoms with Gasteiger partial charge in [-0.3, -0.25) is 14.4 Å². The lowest BCUT2D eigenvalue weighted by Crippen LogP contribution is -2.30. The lowest BCUT2D eigenvalue weighted by atomic mass is 9.99. The Hall–Kier alpha value is -1.59. The van der Waals surface area contributed by atoms with Crippen molar-refractivity contribution in [3.05, 3.63) is 0 Å². The molecule has 0 aliphatic carbocycles. The molecular weight excluding hydrogens is 757 g/mol. The second kappa shape index (κ2) is 47.9. The topological polar surface area (TPSA) is 78.9 Å². The van der Waals surface area contributed by atoms with Crippen LogP contribution in [0.3, 0.4) is 0 Å². The molecule has 0 spiro atoms. The Morgan fingerprint density at radius 3 is 0.934 bits per heavy atom. The van der Waals surface area contributed by atoms with Crippen molar-refractivity contribution in [1.82, 2.24) is 0 Å². The van der Waals surface area contributed by atoms with Crippen molar-refractivity contribution >= 4 is 17.9 Å². The van der Waals surface area contributed by atoms with Gasteiger partial charge in [0.25, 0.3) is 0 Å². The van der Waals surface area contributed by atoms with E-state index in [1.807, 2.05) is 0 Å². The third-order valence-corrected chi connectivity index (χ3v) is 12.8. The van der Waals surface area contributed by atoms with Gasteiger partial charge in [-0.15, -0.1) is 0 Å². The van der Waals surface area contributed by atoms with E-state index >= 15 is 0 Å². The molecule has 61 heavy (non-hydrogen) atoms. The maximum Gasteiger partial charge on any atom is 0.306 e. The third kappa shape index (κ3) is 47.7. The van der Waals surface area contributed by atoms with Crippen molar-refractivity contribution in [1.29, 1.82) is 0 Å². The number of ether oxygens (including phenoxy) is 3. The average molecular weight is 863 g/mol.